The molecule has 0 aliphatic rings. The van der Waals surface area contributed by atoms with E-state index < -0.39 is 0 Å². The molecule has 1 N–H and O–H groups in total. The van der Waals surface area contributed by atoms with Crippen LogP contribution >= 0.6 is 15.9 Å². The SMILES string of the molecule is Cc1ccc(OCC(=O)NCc2cn3cc(Br)ccc3n2)cc1. The van der Waals surface area contributed by atoms with E-state index in [1.807, 2.05) is 60.1 Å². The molecule has 118 valence electrons. The van der Waals surface area contributed by atoms with Crippen molar-refractivity contribution in [3.63, 3.8) is 0 Å². The molecule has 1 aromatic carbocycles. The number of aryl methyl sites for hydroxylation is 1. The van der Waals surface area contributed by atoms with Gasteiger partial charge in [0.05, 0.1) is 12.2 Å². The number of imidazole rings is 1. The quantitative estimate of drug-likeness (QED) is 0.747. The predicted octanol–water partition coefficient (Wildman–Crippen LogP) is 3.10. The van der Waals surface area contributed by atoms with E-state index in [2.05, 4.69) is 26.2 Å². The number of nitrogens with zero attached hydrogens (tertiary/aromatic N) is 2. The van der Waals surface area contributed by atoms with Gasteiger partial charge in [-0.15, -0.1) is 0 Å². The van der Waals surface area contributed by atoms with Crippen LogP contribution in [0.3, 0.4) is 0 Å². The fourth-order valence-electron chi connectivity index (χ4n) is 2.13. The lowest BCUT2D eigenvalue weighted by Crippen LogP contribution is -2.28. The van der Waals surface area contributed by atoms with Crippen LogP contribution in [-0.4, -0.2) is 21.9 Å². The Labute approximate surface area is 142 Å². The lowest BCUT2D eigenvalue weighted by atomic mass is 10.2. The summed E-state index contributed by atoms with van der Waals surface area (Å²) < 4.78 is 8.33. The standard InChI is InChI=1S/C17H16BrN3O2/c1-12-2-5-15(6-3-12)23-11-17(22)19-8-14-10-21-9-13(18)4-7-16(21)20-14/h2-7,9-10H,8,11H2,1H3,(H,19,22). The first-order valence-electron chi connectivity index (χ1n) is 7.19. The number of carbonyl (C=O) groups excluding carboxylic acids is 1. The molecular weight excluding hydrogens is 358 g/mol. The number of aromatic nitrogens is 2. The van der Waals surface area contributed by atoms with Gasteiger partial charge in [0, 0.05) is 16.9 Å². The highest BCUT2D eigenvalue weighted by molar-refractivity contribution is 9.10. The summed E-state index contributed by atoms with van der Waals surface area (Å²) in [6.45, 7) is 2.36. The fourth-order valence-corrected chi connectivity index (χ4v) is 2.48. The Morgan fingerprint density at radius 3 is 2.78 bits per heavy atom. The first-order valence-corrected chi connectivity index (χ1v) is 7.99. The Morgan fingerprint density at radius 1 is 1.22 bits per heavy atom. The molecule has 3 aromatic rings. The summed E-state index contributed by atoms with van der Waals surface area (Å²) >= 11 is 3.42. The minimum Gasteiger partial charge on any atom is -0.484 e. The molecule has 0 bridgehead atoms. The summed E-state index contributed by atoms with van der Waals surface area (Å²) in [5.41, 5.74) is 2.79. The smallest absolute Gasteiger partial charge is 0.258 e. The van der Waals surface area contributed by atoms with Gasteiger partial charge in [-0.1, -0.05) is 17.7 Å². The van der Waals surface area contributed by atoms with Gasteiger partial charge in [0.2, 0.25) is 0 Å². The van der Waals surface area contributed by atoms with Gasteiger partial charge in [-0.2, -0.15) is 0 Å². The number of benzene rings is 1. The molecule has 0 radical (unpaired) electrons. The molecule has 0 spiro atoms. The van der Waals surface area contributed by atoms with Crippen molar-refractivity contribution in [2.45, 2.75) is 13.5 Å². The van der Waals surface area contributed by atoms with Crippen LogP contribution < -0.4 is 10.1 Å². The molecule has 0 atom stereocenters. The van der Waals surface area contributed by atoms with E-state index in [1.165, 1.54) is 0 Å². The number of nitrogens with one attached hydrogen (secondary N) is 1. The van der Waals surface area contributed by atoms with Crippen LogP contribution in [0.15, 0.2) is 53.3 Å². The van der Waals surface area contributed by atoms with Gasteiger partial charge in [-0.25, -0.2) is 4.98 Å². The fraction of sp³-hybridized carbons (Fsp3) is 0.176. The number of fused-ring (bicyclic) bond motifs is 1. The third kappa shape index (κ3) is 4.10. The van der Waals surface area contributed by atoms with Crippen molar-refractivity contribution in [1.29, 1.82) is 0 Å². The summed E-state index contributed by atoms with van der Waals surface area (Å²) in [5.74, 6) is 0.507. The number of pyridine rings is 1. The second-order valence-electron chi connectivity index (χ2n) is 5.22. The maximum atomic E-state index is 11.8. The Bertz CT molecular complexity index is 827. The van der Waals surface area contributed by atoms with Crippen molar-refractivity contribution in [2.24, 2.45) is 0 Å². The zero-order chi connectivity index (χ0) is 16.2. The van der Waals surface area contributed by atoms with Gasteiger partial charge in [0.1, 0.15) is 11.4 Å². The van der Waals surface area contributed by atoms with Crippen molar-refractivity contribution in [3.8, 4) is 5.75 Å². The van der Waals surface area contributed by atoms with Crippen LogP contribution in [0, 0.1) is 6.92 Å². The van der Waals surface area contributed by atoms with Crippen LogP contribution in [-0.2, 0) is 11.3 Å². The largest absolute Gasteiger partial charge is 0.484 e. The Morgan fingerprint density at radius 2 is 2.00 bits per heavy atom. The molecule has 0 saturated carbocycles. The van der Waals surface area contributed by atoms with Crippen molar-refractivity contribution in [1.82, 2.24) is 14.7 Å². The van der Waals surface area contributed by atoms with Crippen LogP contribution in [0.4, 0.5) is 0 Å². The molecule has 2 aromatic heterocycles. The van der Waals surface area contributed by atoms with Crippen molar-refractivity contribution in [2.75, 3.05) is 6.61 Å². The Hall–Kier alpha value is -2.34. The van der Waals surface area contributed by atoms with E-state index in [1.54, 1.807) is 0 Å². The van der Waals surface area contributed by atoms with Gasteiger partial charge in [-0.05, 0) is 47.1 Å². The third-order valence-electron chi connectivity index (χ3n) is 3.32. The number of hydrogen-bond donors (Lipinski definition) is 1. The molecule has 6 heteroatoms. The number of halogens is 1. The number of rotatable bonds is 5. The summed E-state index contributed by atoms with van der Waals surface area (Å²) in [6.07, 6.45) is 3.81. The van der Waals surface area contributed by atoms with Gasteiger partial charge in [-0.3, -0.25) is 4.79 Å². The van der Waals surface area contributed by atoms with Gasteiger partial charge < -0.3 is 14.5 Å². The molecule has 1 amide bonds. The lowest BCUT2D eigenvalue weighted by Gasteiger charge is -2.06. The minimum absolute atomic E-state index is 0.0119. The number of ether oxygens (including phenoxy) is 1. The summed E-state index contributed by atoms with van der Waals surface area (Å²) in [4.78, 5) is 16.3. The molecule has 2 heterocycles. The number of amides is 1. The molecule has 0 unspecified atom stereocenters. The molecule has 0 fully saturated rings. The molecule has 0 aliphatic carbocycles. The first kappa shape index (κ1) is 15.6. The maximum absolute atomic E-state index is 11.8. The number of carbonyl (C=O) groups is 1. The third-order valence-corrected chi connectivity index (χ3v) is 3.79. The van der Waals surface area contributed by atoms with Crippen molar-refractivity contribution in [3.05, 3.63) is 64.5 Å². The van der Waals surface area contributed by atoms with Crippen LogP contribution in [0.1, 0.15) is 11.3 Å². The summed E-state index contributed by atoms with van der Waals surface area (Å²) in [6, 6.07) is 11.4. The average molecular weight is 374 g/mol. The zero-order valence-corrected chi connectivity index (χ0v) is 14.2. The van der Waals surface area contributed by atoms with E-state index in [0.29, 0.717) is 12.3 Å². The van der Waals surface area contributed by atoms with E-state index >= 15 is 0 Å². The van der Waals surface area contributed by atoms with Gasteiger partial charge in [0.15, 0.2) is 6.61 Å². The van der Waals surface area contributed by atoms with E-state index in [4.69, 9.17) is 4.74 Å². The highest BCUT2D eigenvalue weighted by Crippen LogP contribution is 2.13. The second kappa shape index (κ2) is 6.83. The Kier molecular flexibility index (Phi) is 4.62. The molecule has 23 heavy (non-hydrogen) atoms. The summed E-state index contributed by atoms with van der Waals surface area (Å²) in [5, 5.41) is 2.80. The highest BCUT2D eigenvalue weighted by Gasteiger charge is 2.06. The van der Waals surface area contributed by atoms with Crippen LogP contribution in [0.5, 0.6) is 5.75 Å². The second-order valence-corrected chi connectivity index (χ2v) is 6.14. The predicted molar refractivity (Wildman–Crippen MR) is 91.4 cm³/mol. The van der Waals surface area contributed by atoms with Crippen molar-refractivity contribution >= 4 is 27.5 Å². The summed E-state index contributed by atoms with van der Waals surface area (Å²) in [7, 11) is 0. The van der Waals surface area contributed by atoms with E-state index in [-0.39, 0.29) is 12.5 Å². The lowest BCUT2D eigenvalue weighted by molar-refractivity contribution is -0.123. The normalized spacial score (nSPS) is 10.7. The molecule has 5 nitrogen and oxygen atoms in total. The maximum Gasteiger partial charge on any atom is 0.258 e. The van der Waals surface area contributed by atoms with Crippen molar-refractivity contribution < 1.29 is 9.53 Å². The van der Waals surface area contributed by atoms with E-state index in [0.717, 1.165) is 21.4 Å². The molecule has 3 rings (SSSR count). The van der Waals surface area contributed by atoms with Gasteiger partial charge >= 0.3 is 0 Å². The monoisotopic (exact) mass is 373 g/mol. The minimum atomic E-state index is -0.177. The molecular formula is C17H16BrN3O2. The Balaban J connectivity index is 1.52. The number of hydrogen-bond acceptors (Lipinski definition) is 3. The highest BCUT2D eigenvalue weighted by atomic mass is 79.9. The first-order chi connectivity index (χ1) is 11.1. The van der Waals surface area contributed by atoms with E-state index in [9.17, 15) is 4.79 Å². The topological polar surface area (TPSA) is 55.6 Å². The van der Waals surface area contributed by atoms with Gasteiger partial charge in [0.25, 0.3) is 5.91 Å². The molecule has 0 aliphatic heterocycles. The average Bonchev–Trinajstić information content (AvgIpc) is 2.94. The zero-order valence-electron chi connectivity index (χ0n) is 12.6. The van der Waals surface area contributed by atoms with Crippen LogP contribution in [0.2, 0.25) is 0 Å². The van der Waals surface area contributed by atoms with Crippen LogP contribution in [0.25, 0.3) is 5.65 Å². The molecule has 0 saturated heterocycles.